The minimum Gasteiger partial charge on any atom is -0.497 e. The van der Waals surface area contributed by atoms with Crippen LogP contribution in [-0.4, -0.2) is 34.9 Å². The number of nitrogens with zero attached hydrogens (tertiary/aromatic N) is 2. The van der Waals surface area contributed by atoms with Crippen LogP contribution in [-0.2, 0) is 6.42 Å². The molecule has 0 radical (unpaired) electrons. The van der Waals surface area contributed by atoms with Crippen LogP contribution in [0.15, 0.2) is 36.4 Å². The molecule has 0 saturated carbocycles. The summed E-state index contributed by atoms with van der Waals surface area (Å²) in [5.74, 6) is 0.308. The fourth-order valence-corrected chi connectivity index (χ4v) is 1.67. The number of aromatic nitrogens is 2. The molecule has 0 saturated heterocycles. The number of nitrogens with one attached hydrogen (secondary N) is 1. The summed E-state index contributed by atoms with van der Waals surface area (Å²) < 4.78 is 5.09. The predicted molar refractivity (Wildman–Crippen MR) is 74.2 cm³/mol. The SMILES string of the molecule is COc1ccc(CCNc2ccc(C(=O)O)nn2)cc1. The molecule has 0 spiro atoms. The van der Waals surface area contributed by atoms with E-state index >= 15 is 0 Å². The number of rotatable bonds is 6. The number of carbonyl (C=O) groups is 1. The highest BCUT2D eigenvalue weighted by Crippen LogP contribution is 2.11. The summed E-state index contributed by atoms with van der Waals surface area (Å²) in [6.07, 6.45) is 0.826. The van der Waals surface area contributed by atoms with Crippen molar-refractivity contribution >= 4 is 11.8 Å². The Labute approximate surface area is 116 Å². The zero-order valence-electron chi connectivity index (χ0n) is 11.0. The second kappa shape index (κ2) is 6.51. The summed E-state index contributed by atoms with van der Waals surface area (Å²) in [7, 11) is 1.63. The summed E-state index contributed by atoms with van der Waals surface area (Å²) in [6.45, 7) is 0.688. The first kappa shape index (κ1) is 13.8. The number of hydrogen-bond donors (Lipinski definition) is 2. The maximum Gasteiger partial charge on any atom is 0.356 e. The zero-order chi connectivity index (χ0) is 14.4. The molecule has 0 aliphatic heterocycles. The van der Waals surface area contributed by atoms with Crippen LogP contribution in [0.1, 0.15) is 16.1 Å². The van der Waals surface area contributed by atoms with Gasteiger partial charge in [-0.2, -0.15) is 0 Å². The van der Waals surface area contributed by atoms with E-state index in [0.717, 1.165) is 12.2 Å². The van der Waals surface area contributed by atoms with Crippen LogP contribution < -0.4 is 10.1 Å². The fraction of sp³-hybridized carbons (Fsp3) is 0.214. The molecule has 1 aromatic heterocycles. The van der Waals surface area contributed by atoms with Gasteiger partial charge in [0.1, 0.15) is 11.6 Å². The number of methoxy groups -OCH3 is 1. The van der Waals surface area contributed by atoms with E-state index in [4.69, 9.17) is 9.84 Å². The molecule has 2 rings (SSSR count). The van der Waals surface area contributed by atoms with Crippen molar-refractivity contribution in [2.24, 2.45) is 0 Å². The van der Waals surface area contributed by atoms with Gasteiger partial charge < -0.3 is 15.2 Å². The third kappa shape index (κ3) is 3.68. The molecule has 6 heteroatoms. The quantitative estimate of drug-likeness (QED) is 0.835. The molecular weight excluding hydrogens is 258 g/mol. The first-order valence-corrected chi connectivity index (χ1v) is 6.13. The molecule has 1 heterocycles. The largest absolute Gasteiger partial charge is 0.497 e. The number of aromatic carboxylic acids is 1. The molecule has 6 nitrogen and oxygen atoms in total. The van der Waals surface area contributed by atoms with Gasteiger partial charge in [-0.15, -0.1) is 10.2 Å². The van der Waals surface area contributed by atoms with Gasteiger partial charge in [0, 0.05) is 6.54 Å². The van der Waals surface area contributed by atoms with Crippen molar-refractivity contribution < 1.29 is 14.6 Å². The van der Waals surface area contributed by atoms with Crippen molar-refractivity contribution in [1.29, 1.82) is 0 Å². The topological polar surface area (TPSA) is 84.3 Å². The van der Waals surface area contributed by atoms with Crippen LogP contribution in [0.25, 0.3) is 0 Å². The Bertz CT molecular complexity index is 567. The highest BCUT2D eigenvalue weighted by atomic mass is 16.5. The average molecular weight is 273 g/mol. The van der Waals surface area contributed by atoms with Gasteiger partial charge in [-0.05, 0) is 36.2 Å². The van der Waals surface area contributed by atoms with Crippen LogP contribution in [0.5, 0.6) is 5.75 Å². The van der Waals surface area contributed by atoms with E-state index in [1.807, 2.05) is 24.3 Å². The summed E-state index contributed by atoms with van der Waals surface area (Å²) in [6, 6.07) is 10.8. The van der Waals surface area contributed by atoms with E-state index in [2.05, 4.69) is 15.5 Å². The molecule has 2 N–H and O–H groups in total. The van der Waals surface area contributed by atoms with Crippen LogP contribution >= 0.6 is 0 Å². The summed E-state index contributed by atoms with van der Waals surface area (Å²) in [5, 5.41) is 19.2. The highest BCUT2D eigenvalue weighted by molar-refractivity contribution is 5.85. The Hall–Kier alpha value is -2.63. The number of carboxylic acids is 1. The van der Waals surface area contributed by atoms with Gasteiger partial charge in [-0.25, -0.2) is 4.79 Å². The van der Waals surface area contributed by atoms with Gasteiger partial charge in [-0.3, -0.25) is 0 Å². The van der Waals surface area contributed by atoms with Gasteiger partial charge >= 0.3 is 5.97 Å². The first-order chi connectivity index (χ1) is 9.69. The fourth-order valence-electron chi connectivity index (χ4n) is 1.67. The number of hydrogen-bond acceptors (Lipinski definition) is 5. The lowest BCUT2D eigenvalue weighted by Crippen LogP contribution is -2.09. The van der Waals surface area contributed by atoms with Crippen molar-refractivity contribution in [3.63, 3.8) is 0 Å². The van der Waals surface area contributed by atoms with Crippen molar-refractivity contribution in [1.82, 2.24) is 10.2 Å². The zero-order valence-corrected chi connectivity index (χ0v) is 11.0. The second-order valence-corrected chi connectivity index (χ2v) is 4.13. The van der Waals surface area contributed by atoms with E-state index < -0.39 is 5.97 Å². The molecular formula is C14H15N3O3. The molecule has 2 aromatic rings. The predicted octanol–water partition coefficient (Wildman–Crippen LogP) is 1.84. The normalized spacial score (nSPS) is 10.1. The molecule has 0 amide bonds. The van der Waals surface area contributed by atoms with E-state index in [0.29, 0.717) is 12.4 Å². The van der Waals surface area contributed by atoms with Crippen LogP contribution in [0, 0.1) is 0 Å². The van der Waals surface area contributed by atoms with Crippen molar-refractivity contribution in [3.8, 4) is 5.75 Å². The van der Waals surface area contributed by atoms with Crippen molar-refractivity contribution in [2.45, 2.75) is 6.42 Å². The molecule has 1 aromatic carbocycles. The Morgan fingerprint density at radius 2 is 1.95 bits per heavy atom. The van der Waals surface area contributed by atoms with Crippen LogP contribution in [0.2, 0.25) is 0 Å². The minimum atomic E-state index is -1.08. The van der Waals surface area contributed by atoms with Crippen LogP contribution in [0.3, 0.4) is 0 Å². The lowest BCUT2D eigenvalue weighted by molar-refractivity contribution is 0.0689. The third-order valence-corrected chi connectivity index (χ3v) is 2.76. The Morgan fingerprint density at radius 1 is 1.20 bits per heavy atom. The maximum absolute atomic E-state index is 10.6. The molecule has 0 aliphatic carbocycles. The van der Waals surface area contributed by atoms with E-state index in [9.17, 15) is 4.79 Å². The molecule has 0 atom stereocenters. The van der Waals surface area contributed by atoms with Gasteiger partial charge in [0.25, 0.3) is 0 Å². The van der Waals surface area contributed by atoms with E-state index in [1.165, 1.54) is 11.6 Å². The Morgan fingerprint density at radius 3 is 2.50 bits per heavy atom. The molecule has 0 aliphatic rings. The molecule has 0 unspecified atom stereocenters. The van der Waals surface area contributed by atoms with Gasteiger partial charge in [-0.1, -0.05) is 12.1 Å². The minimum absolute atomic E-state index is 0.0642. The first-order valence-electron chi connectivity index (χ1n) is 6.13. The Balaban J connectivity index is 1.84. The van der Waals surface area contributed by atoms with Crippen molar-refractivity contribution in [3.05, 3.63) is 47.7 Å². The lowest BCUT2D eigenvalue weighted by atomic mass is 10.1. The molecule has 20 heavy (non-hydrogen) atoms. The molecule has 0 fully saturated rings. The average Bonchev–Trinajstić information content (AvgIpc) is 2.48. The van der Waals surface area contributed by atoms with Gasteiger partial charge in [0.15, 0.2) is 5.69 Å². The summed E-state index contributed by atoms with van der Waals surface area (Å²) in [4.78, 5) is 10.6. The standard InChI is InChI=1S/C14H15N3O3/c1-20-11-4-2-10(3-5-11)8-9-15-13-7-6-12(14(18)19)16-17-13/h2-7H,8-9H2,1H3,(H,15,17)(H,18,19). The lowest BCUT2D eigenvalue weighted by Gasteiger charge is -2.06. The maximum atomic E-state index is 10.6. The van der Waals surface area contributed by atoms with Crippen LogP contribution in [0.4, 0.5) is 5.82 Å². The monoisotopic (exact) mass is 273 g/mol. The second-order valence-electron chi connectivity index (χ2n) is 4.13. The molecule has 104 valence electrons. The molecule has 0 bridgehead atoms. The van der Waals surface area contributed by atoms with E-state index in [1.54, 1.807) is 13.2 Å². The van der Waals surface area contributed by atoms with Gasteiger partial charge in [0.05, 0.1) is 7.11 Å². The summed E-state index contributed by atoms with van der Waals surface area (Å²) >= 11 is 0. The van der Waals surface area contributed by atoms with Crippen molar-refractivity contribution in [2.75, 3.05) is 19.0 Å². The number of benzene rings is 1. The third-order valence-electron chi connectivity index (χ3n) is 2.76. The van der Waals surface area contributed by atoms with Gasteiger partial charge in [0.2, 0.25) is 0 Å². The van der Waals surface area contributed by atoms with E-state index in [-0.39, 0.29) is 5.69 Å². The highest BCUT2D eigenvalue weighted by Gasteiger charge is 2.04. The Kier molecular flexibility index (Phi) is 4.49. The summed E-state index contributed by atoms with van der Waals surface area (Å²) in [5.41, 5.74) is 1.11. The number of carboxylic acid groups (broad SMARTS) is 1. The number of anilines is 1. The number of ether oxygens (including phenoxy) is 1. The smallest absolute Gasteiger partial charge is 0.356 e.